The summed E-state index contributed by atoms with van der Waals surface area (Å²) in [6.45, 7) is 0.897. The lowest BCUT2D eigenvalue weighted by Gasteiger charge is -2.05. The fourth-order valence-corrected chi connectivity index (χ4v) is 1.11. The molecule has 6 heteroatoms. The number of aromatic amines is 1. The number of hydroxylamine groups is 1. The zero-order chi connectivity index (χ0) is 9.10. The van der Waals surface area contributed by atoms with Crippen molar-refractivity contribution in [3.8, 4) is 0 Å². The minimum atomic E-state index is -0.273. The monoisotopic (exact) mass is 182 g/mol. The highest BCUT2D eigenvalue weighted by Crippen LogP contribution is 1.95. The Bertz CT molecular complexity index is 285. The van der Waals surface area contributed by atoms with Crippen LogP contribution in [0.3, 0.4) is 0 Å². The minimum absolute atomic E-state index is 0.133. The molecule has 0 spiro atoms. The molecular formula is C7H10N4O2. The van der Waals surface area contributed by atoms with E-state index < -0.39 is 0 Å². The molecule has 0 saturated carbocycles. The van der Waals surface area contributed by atoms with Gasteiger partial charge in [0.2, 0.25) is 0 Å². The molecule has 1 atom stereocenters. The largest absolute Gasteiger partial charge is 0.348 e. The van der Waals surface area contributed by atoms with E-state index in [1.54, 1.807) is 12.4 Å². The summed E-state index contributed by atoms with van der Waals surface area (Å²) < 4.78 is 0. The molecule has 1 unspecified atom stereocenters. The number of imidazole rings is 1. The number of carbonyl (C=O) groups is 1. The van der Waals surface area contributed by atoms with Crippen LogP contribution in [-0.2, 0) is 16.2 Å². The van der Waals surface area contributed by atoms with Crippen LogP contribution in [0.4, 0.5) is 0 Å². The van der Waals surface area contributed by atoms with Gasteiger partial charge in [-0.3, -0.25) is 14.9 Å². The zero-order valence-electron chi connectivity index (χ0n) is 6.91. The van der Waals surface area contributed by atoms with E-state index in [0.717, 1.165) is 5.82 Å². The Labute approximate surface area is 74.6 Å². The van der Waals surface area contributed by atoms with Crippen molar-refractivity contribution in [2.75, 3.05) is 6.61 Å². The number of hydrogen-bond donors (Lipinski definition) is 3. The predicted octanol–water partition coefficient (Wildman–Crippen LogP) is -1.07. The quantitative estimate of drug-likeness (QED) is 0.556. The molecule has 6 nitrogen and oxygen atoms in total. The summed E-state index contributed by atoms with van der Waals surface area (Å²) >= 11 is 0. The Morgan fingerprint density at radius 2 is 2.69 bits per heavy atom. The molecular weight excluding hydrogens is 172 g/mol. The van der Waals surface area contributed by atoms with Gasteiger partial charge in [0, 0.05) is 12.4 Å². The lowest BCUT2D eigenvalue weighted by Crippen LogP contribution is -2.37. The Kier molecular flexibility index (Phi) is 2.24. The van der Waals surface area contributed by atoms with Crippen LogP contribution < -0.4 is 10.8 Å². The number of amides is 1. The Morgan fingerprint density at radius 3 is 3.31 bits per heavy atom. The van der Waals surface area contributed by atoms with Gasteiger partial charge in [0.05, 0.1) is 13.2 Å². The first-order valence-electron chi connectivity index (χ1n) is 3.99. The first-order chi connectivity index (χ1) is 6.36. The molecule has 1 aliphatic heterocycles. The molecule has 0 aliphatic carbocycles. The summed E-state index contributed by atoms with van der Waals surface area (Å²) in [4.78, 5) is 22.7. The fourth-order valence-electron chi connectivity index (χ4n) is 1.11. The predicted molar refractivity (Wildman–Crippen MR) is 43.3 cm³/mol. The van der Waals surface area contributed by atoms with E-state index in [4.69, 9.17) is 4.84 Å². The number of nitrogens with one attached hydrogen (secondary N) is 3. The van der Waals surface area contributed by atoms with Gasteiger partial charge in [0.25, 0.3) is 5.91 Å². The third-order valence-electron chi connectivity index (χ3n) is 1.81. The van der Waals surface area contributed by atoms with Gasteiger partial charge in [-0.15, -0.1) is 0 Å². The van der Waals surface area contributed by atoms with Crippen molar-refractivity contribution in [2.45, 2.75) is 12.6 Å². The molecule has 13 heavy (non-hydrogen) atoms. The number of rotatable bonds is 3. The van der Waals surface area contributed by atoms with Gasteiger partial charge < -0.3 is 4.98 Å². The summed E-state index contributed by atoms with van der Waals surface area (Å²) in [5, 5.41) is 3.00. The van der Waals surface area contributed by atoms with Crippen LogP contribution in [-0.4, -0.2) is 28.5 Å². The summed E-state index contributed by atoms with van der Waals surface area (Å²) in [7, 11) is 0. The molecule has 0 radical (unpaired) electrons. The van der Waals surface area contributed by atoms with Crippen molar-refractivity contribution in [3.63, 3.8) is 0 Å². The maximum Gasteiger partial charge on any atom is 0.263 e. The van der Waals surface area contributed by atoms with Crippen molar-refractivity contribution in [3.05, 3.63) is 18.2 Å². The van der Waals surface area contributed by atoms with E-state index in [2.05, 4.69) is 20.8 Å². The van der Waals surface area contributed by atoms with Crippen molar-refractivity contribution in [1.82, 2.24) is 20.8 Å². The Hall–Kier alpha value is -1.40. The summed E-state index contributed by atoms with van der Waals surface area (Å²) in [5.41, 5.74) is 2.27. The number of carbonyl (C=O) groups excluding carboxylic acids is 1. The molecule has 1 saturated heterocycles. The third-order valence-corrected chi connectivity index (χ3v) is 1.81. The molecule has 2 heterocycles. The smallest absolute Gasteiger partial charge is 0.263 e. The molecule has 1 amide bonds. The van der Waals surface area contributed by atoms with Crippen LogP contribution in [0.2, 0.25) is 0 Å². The van der Waals surface area contributed by atoms with Crippen molar-refractivity contribution in [2.24, 2.45) is 0 Å². The Balaban J connectivity index is 1.82. The van der Waals surface area contributed by atoms with E-state index >= 15 is 0 Å². The Morgan fingerprint density at radius 1 is 1.77 bits per heavy atom. The normalized spacial score (nSPS) is 21.8. The second kappa shape index (κ2) is 3.55. The maximum absolute atomic E-state index is 11.0. The summed E-state index contributed by atoms with van der Waals surface area (Å²) in [6.07, 6.45) is 3.41. The molecule has 1 aliphatic rings. The van der Waals surface area contributed by atoms with Gasteiger partial charge in [-0.2, -0.15) is 0 Å². The molecule has 70 valence electrons. The zero-order valence-corrected chi connectivity index (χ0v) is 6.91. The van der Waals surface area contributed by atoms with E-state index in [9.17, 15) is 4.79 Å². The highest BCUT2D eigenvalue weighted by molar-refractivity contribution is 5.82. The SMILES string of the molecule is O=C1NOCC1NCc1ncc[nH]1. The van der Waals surface area contributed by atoms with Crippen molar-refractivity contribution < 1.29 is 9.63 Å². The van der Waals surface area contributed by atoms with Gasteiger partial charge in [0.1, 0.15) is 11.9 Å². The van der Waals surface area contributed by atoms with Gasteiger partial charge in [-0.1, -0.05) is 0 Å². The highest BCUT2D eigenvalue weighted by atomic mass is 16.7. The van der Waals surface area contributed by atoms with Crippen LogP contribution in [0.15, 0.2) is 12.4 Å². The number of H-pyrrole nitrogens is 1. The van der Waals surface area contributed by atoms with Crippen LogP contribution >= 0.6 is 0 Å². The highest BCUT2D eigenvalue weighted by Gasteiger charge is 2.24. The number of aromatic nitrogens is 2. The second-order valence-corrected chi connectivity index (χ2v) is 2.75. The van der Waals surface area contributed by atoms with Gasteiger partial charge in [-0.05, 0) is 0 Å². The fraction of sp³-hybridized carbons (Fsp3) is 0.429. The second-order valence-electron chi connectivity index (χ2n) is 2.75. The van der Waals surface area contributed by atoms with Crippen LogP contribution in [0.5, 0.6) is 0 Å². The molecule has 1 aromatic rings. The third kappa shape index (κ3) is 1.85. The summed E-state index contributed by atoms with van der Waals surface area (Å²) in [5.74, 6) is 0.672. The van der Waals surface area contributed by atoms with E-state index in [-0.39, 0.29) is 11.9 Å². The standard InChI is InChI=1S/C7H10N4O2/c12-7-5(4-13-11-7)10-3-6-8-1-2-9-6/h1-2,5,10H,3-4H2,(H,8,9)(H,11,12). The van der Waals surface area contributed by atoms with Gasteiger partial charge in [-0.25, -0.2) is 10.5 Å². The summed E-state index contributed by atoms with van der Waals surface area (Å²) in [6, 6.07) is -0.273. The van der Waals surface area contributed by atoms with Crippen LogP contribution in [0.1, 0.15) is 5.82 Å². The van der Waals surface area contributed by atoms with Gasteiger partial charge >= 0.3 is 0 Å². The van der Waals surface area contributed by atoms with Crippen LogP contribution in [0.25, 0.3) is 0 Å². The molecule has 0 bridgehead atoms. The first kappa shape index (κ1) is 8.21. The molecule has 2 rings (SSSR count). The van der Waals surface area contributed by atoms with E-state index in [1.807, 2.05) is 0 Å². The minimum Gasteiger partial charge on any atom is -0.348 e. The lowest BCUT2D eigenvalue weighted by atomic mass is 10.3. The average Bonchev–Trinajstić information content (AvgIpc) is 2.72. The lowest BCUT2D eigenvalue weighted by molar-refractivity contribution is -0.125. The van der Waals surface area contributed by atoms with E-state index in [0.29, 0.717) is 13.2 Å². The first-order valence-corrected chi connectivity index (χ1v) is 3.99. The average molecular weight is 182 g/mol. The van der Waals surface area contributed by atoms with E-state index in [1.165, 1.54) is 0 Å². The van der Waals surface area contributed by atoms with Crippen molar-refractivity contribution in [1.29, 1.82) is 0 Å². The molecule has 0 aromatic carbocycles. The number of hydrogen-bond acceptors (Lipinski definition) is 4. The van der Waals surface area contributed by atoms with Crippen LogP contribution in [0, 0.1) is 0 Å². The molecule has 3 N–H and O–H groups in total. The molecule has 1 aromatic heterocycles. The van der Waals surface area contributed by atoms with Gasteiger partial charge in [0.15, 0.2) is 0 Å². The maximum atomic E-state index is 11.0. The molecule has 1 fully saturated rings. The van der Waals surface area contributed by atoms with Crippen molar-refractivity contribution >= 4 is 5.91 Å². The topological polar surface area (TPSA) is 79.0 Å². The number of nitrogens with zero attached hydrogens (tertiary/aromatic N) is 1.